The van der Waals surface area contributed by atoms with Crippen molar-refractivity contribution in [1.29, 1.82) is 0 Å². The number of carbonyl (C=O) groups excluding carboxylic acids is 1. The molecular weight excluding hydrogens is 453 g/mol. The Balaban J connectivity index is 1.59. The summed E-state index contributed by atoms with van der Waals surface area (Å²) in [4.78, 5) is 30.7. The monoisotopic (exact) mass is 479 g/mol. The second kappa shape index (κ2) is 10.2. The van der Waals surface area contributed by atoms with Gasteiger partial charge in [0.05, 0.1) is 18.0 Å². The van der Waals surface area contributed by atoms with E-state index in [9.17, 15) is 14.0 Å². The average Bonchev–Trinajstić information content (AvgIpc) is 3.16. The summed E-state index contributed by atoms with van der Waals surface area (Å²) in [6, 6.07) is 14.0. The topological polar surface area (TPSA) is 81.8 Å². The SMILES string of the molecule is CCn1nc(C)c2nc(SCC(=O)NCc3ccc(F)cc3)n(Cc3ccc(C)cc3)c(=O)c21. The molecule has 0 aliphatic carbocycles. The summed E-state index contributed by atoms with van der Waals surface area (Å²) in [5.74, 6) is -0.430. The molecule has 1 amide bonds. The second-order valence-electron chi connectivity index (χ2n) is 8.06. The number of carbonyl (C=O) groups is 1. The lowest BCUT2D eigenvalue weighted by atomic mass is 10.1. The molecule has 0 unspecified atom stereocenters. The quantitative estimate of drug-likeness (QED) is 0.307. The van der Waals surface area contributed by atoms with E-state index in [1.165, 1.54) is 23.9 Å². The Hall–Kier alpha value is -3.46. The van der Waals surface area contributed by atoms with Gasteiger partial charge in [-0.25, -0.2) is 9.37 Å². The smallest absolute Gasteiger partial charge is 0.280 e. The molecule has 4 rings (SSSR count). The third kappa shape index (κ3) is 5.20. The summed E-state index contributed by atoms with van der Waals surface area (Å²) in [5.41, 5.74) is 4.44. The Labute approximate surface area is 201 Å². The number of fused-ring (bicyclic) bond motifs is 1. The normalized spacial score (nSPS) is 11.2. The minimum Gasteiger partial charge on any atom is -0.351 e. The first-order valence-electron chi connectivity index (χ1n) is 11.0. The zero-order chi connectivity index (χ0) is 24.2. The average molecular weight is 480 g/mol. The molecule has 9 heteroatoms. The summed E-state index contributed by atoms with van der Waals surface area (Å²) in [5, 5.41) is 7.75. The zero-order valence-corrected chi connectivity index (χ0v) is 20.2. The Morgan fingerprint density at radius 1 is 1.06 bits per heavy atom. The van der Waals surface area contributed by atoms with Crippen molar-refractivity contribution in [1.82, 2.24) is 24.6 Å². The van der Waals surface area contributed by atoms with Crippen LogP contribution in [0.3, 0.4) is 0 Å². The van der Waals surface area contributed by atoms with Gasteiger partial charge in [-0.2, -0.15) is 5.10 Å². The molecule has 34 heavy (non-hydrogen) atoms. The van der Waals surface area contributed by atoms with Crippen molar-refractivity contribution >= 4 is 28.7 Å². The molecule has 0 saturated carbocycles. The van der Waals surface area contributed by atoms with Crippen molar-refractivity contribution < 1.29 is 9.18 Å². The molecular formula is C25H26FN5O2S. The van der Waals surface area contributed by atoms with Crippen molar-refractivity contribution in [2.75, 3.05) is 5.75 Å². The van der Waals surface area contributed by atoms with Crippen LogP contribution in [0.1, 0.15) is 29.3 Å². The lowest BCUT2D eigenvalue weighted by molar-refractivity contribution is -0.118. The van der Waals surface area contributed by atoms with Crippen LogP contribution in [-0.2, 0) is 24.4 Å². The molecule has 176 valence electrons. The van der Waals surface area contributed by atoms with Gasteiger partial charge in [-0.1, -0.05) is 53.7 Å². The van der Waals surface area contributed by atoms with Crippen molar-refractivity contribution in [2.24, 2.45) is 0 Å². The van der Waals surface area contributed by atoms with Gasteiger partial charge in [-0.3, -0.25) is 18.8 Å². The summed E-state index contributed by atoms with van der Waals surface area (Å²) >= 11 is 1.21. The van der Waals surface area contributed by atoms with Crippen LogP contribution < -0.4 is 10.9 Å². The van der Waals surface area contributed by atoms with E-state index in [1.807, 2.05) is 45.0 Å². The maximum Gasteiger partial charge on any atom is 0.280 e. The Kier molecular flexibility index (Phi) is 7.12. The van der Waals surface area contributed by atoms with Gasteiger partial charge in [0.25, 0.3) is 5.56 Å². The molecule has 0 aliphatic rings. The van der Waals surface area contributed by atoms with Gasteiger partial charge in [0, 0.05) is 13.1 Å². The molecule has 0 atom stereocenters. The van der Waals surface area contributed by atoms with E-state index in [0.29, 0.717) is 41.5 Å². The molecule has 2 aromatic carbocycles. The first-order valence-corrected chi connectivity index (χ1v) is 12.0. The maximum atomic E-state index is 13.5. The fourth-order valence-corrected chi connectivity index (χ4v) is 4.45. The van der Waals surface area contributed by atoms with Crippen molar-refractivity contribution in [3.05, 3.63) is 87.1 Å². The van der Waals surface area contributed by atoms with E-state index >= 15 is 0 Å². The number of nitrogens with zero attached hydrogens (tertiary/aromatic N) is 4. The third-order valence-electron chi connectivity index (χ3n) is 5.48. The number of amides is 1. The van der Waals surface area contributed by atoms with Crippen LogP contribution in [-0.4, -0.2) is 31.0 Å². The molecule has 0 bridgehead atoms. The lowest BCUT2D eigenvalue weighted by Gasteiger charge is -2.13. The van der Waals surface area contributed by atoms with Crippen LogP contribution in [0.5, 0.6) is 0 Å². The number of hydrogen-bond donors (Lipinski definition) is 1. The van der Waals surface area contributed by atoms with E-state index in [1.54, 1.807) is 21.4 Å². The molecule has 0 radical (unpaired) electrons. The highest BCUT2D eigenvalue weighted by molar-refractivity contribution is 7.99. The number of aryl methyl sites for hydroxylation is 3. The first kappa shape index (κ1) is 23.7. The minimum absolute atomic E-state index is 0.0913. The summed E-state index contributed by atoms with van der Waals surface area (Å²) in [6.45, 7) is 6.97. The van der Waals surface area contributed by atoms with Gasteiger partial charge in [0.2, 0.25) is 5.91 Å². The Bertz CT molecular complexity index is 1380. The molecule has 0 fully saturated rings. The fourth-order valence-electron chi connectivity index (χ4n) is 3.63. The highest BCUT2D eigenvalue weighted by atomic mass is 32.2. The second-order valence-corrected chi connectivity index (χ2v) is 9.00. The van der Waals surface area contributed by atoms with Gasteiger partial charge < -0.3 is 5.32 Å². The predicted molar refractivity (Wildman–Crippen MR) is 131 cm³/mol. The molecule has 2 aromatic heterocycles. The van der Waals surface area contributed by atoms with Crippen LogP contribution in [0, 0.1) is 19.7 Å². The van der Waals surface area contributed by atoms with Gasteiger partial charge >= 0.3 is 0 Å². The van der Waals surface area contributed by atoms with Crippen LogP contribution in [0.4, 0.5) is 4.39 Å². The third-order valence-corrected chi connectivity index (χ3v) is 6.45. The molecule has 7 nitrogen and oxygen atoms in total. The Morgan fingerprint density at radius 3 is 2.41 bits per heavy atom. The van der Waals surface area contributed by atoms with E-state index in [-0.39, 0.29) is 23.0 Å². The highest BCUT2D eigenvalue weighted by Gasteiger charge is 2.19. The van der Waals surface area contributed by atoms with Gasteiger partial charge in [-0.15, -0.1) is 0 Å². The number of halogens is 1. The van der Waals surface area contributed by atoms with Gasteiger partial charge in [-0.05, 0) is 44.0 Å². The van der Waals surface area contributed by atoms with E-state index in [2.05, 4.69) is 10.4 Å². The van der Waals surface area contributed by atoms with Crippen molar-refractivity contribution in [2.45, 2.75) is 45.6 Å². The van der Waals surface area contributed by atoms with E-state index < -0.39 is 0 Å². The first-order chi connectivity index (χ1) is 16.4. The van der Waals surface area contributed by atoms with Crippen molar-refractivity contribution in [3.63, 3.8) is 0 Å². The Morgan fingerprint density at radius 2 is 1.74 bits per heavy atom. The van der Waals surface area contributed by atoms with E-state index in [0.717, 1.165) is 16.7 Å². The van der Waals surface area contributed by atoms with Crippen molar-refractivity contribution in [3.8, 4) is 0 Å². The van der Waals surface area contributed by atoms with Gasteiger partial charge in [0.15, 0.2) is 10.7 Å². The summed E-state index contributed by atoms with van der Waals surface area (Å²) in [7, 11) is 0. The molecule has 0 saturated heterocycles. The maximum absolute atomic E-state index is 13.5. The molecule has 0 aliphatic heterocycles. The fraction of sp³-hybridized carbons (Fsp3) is 0.280. The molecule has 4 aromatic rings. The number of rotatable bonds is 8. The van der Waals surface area contributed by atoms with Crippen LogP contribution in [0.2, 0.25) is 0 Å². The van der Waals surface area contributed by atoms with Crippen LogP contribution >= 0.6 is 11.8 Å². The predicted octanol–water partition coefficient (Wildman–Crippen LogP) is 3.83. The standard InChI is InChI=1S/C25H26FN5O2S/c1-4-31-23-22(17(3)29-31)28-25(30(24(23)33)14-19-7-5-16(2)6-8-19)34-15-21(32)27-13-18-9-11-20(26)12-10-18/h5-12H,4,13-15H2,1-3H3,(H,27,32). The largest absolute Gasteiger partial charge is 0.351 e. The highest BCUT2D eigenvalue weighted by Crippen LogP contribution is 2.21. The number of hydrogen-bond acceptors (Lipinski definition) is 5. The number of aromatic nitrogens is 4. The summed E-state index contributed by atoms with van der Waals surface area (Å²) < 4.78 is 16.4. The lowest BCUT2D eigenvalue weighted by Crippen LogP contribution is -2.28. The van der Waals surface area contributed by atoms with Crippen LogP contribution in [0.15, 0.2) is 58.5 Å². The number of benzene rings is 2. The number of thioether (sulfide) groups is 1. The minimum atomic E-state index is -0.319. The molecule has 2 heterocycles. The van der Waals surface area contributed by atoms with Gasteiger partial charge in [0.1, 0.15) is 11.3 Å². The van der Waals surface area contributed by atoms with E-state index in [4.69, 9.17) is 4.98 Å². The number of nitrogens with one attached hydrogen (secondary N) is 1. The summed E-state index contributed by atoms with van der Waals surface area (Å²) in [6.07, 6.45) is 0. The zero-order valence-electron chi connectivity index (χ0n) is 19.3. The molecule has 1 N–H and O–H groups in total. The van der Waals surface area contributed by atoms with Crippen LogP contribution in [0.25, 0.3) is 11.0 Å². The molecule has 0 spiro atoms.